The van der Waals surface area contributed by atoms with E-state index in [0.29, 0.717) is 5.69 Å². The highest BCUT2D eigenvalue weighted by atomic mass is 19.1. The van der Waals surface area contributed by atoms with Crippen LogP contribution in [-0.4, -0.2) is 42.8 Å². The number of allylic oxidation sites excluding steroid dienone is 2. The number of hydrogen-bond donors (Lipinski definition) is 1. The lowest BCUT2D eigenvalue weighted by atomic mass is 10.2. The number of benzene rings is 2. The van der Waals surface area contributed by atoms with Crippen molar-refractivity contribution in [2.45, 2.75) is 0 Å². The smallest absolute Gasteiger partial charge is 0.258 e. The van der Waals surface area contributed by atoms with E-state index < -0.39 is 11.7 Å². The van der Waals surface area contributed by atoms with Gasteiger partial charge >= 0.3 is 0 Å². The van der Waals surface area contributed by atoms with Crippen LogP contribution in [0.25, 0.3) is 0 Å². The predicted octanol–water partition coefficient (Wildman–Crippen LogP) is 3.84. The van der Waals surface area contributed by atoms with Crippen LogP contribution >= 0.6 is 0 Å². The summed E-state index contributed by atoms with van der Waals surface area (Å²) in [6, 6.07) is 13.6. The van der Waals surface area contributed by atoms with Gasteiger partial charge in [-0.15, -0.1) is 5.73 Å². The Morgan fingerprint density at radius 1 is 1.00 bits per heavy atom. The number of piperazine rings is 1. The van der Waals surface area contributed by atoms with Crippen molar-refractivity contribution in [3.8, 4) is 0 Å². The van der Waals surface area contributed by atoms with Gasteiger partial charge in [-0.3, -0.25) is 4.79 Å². The summed E-state index contributed by atoms with van der Waals surface area (Å²) >= 11 is 0. The molecule has 1 amide bonds. The minimum atomic E-state index is -0.529. The van der Waals surface area contributed by atoms with E-state index in [2.05, 4.69) is 25.8 Å². The number of carbonyl (C=O) groups is 1. The fourth-order valence-corrected chi connectivity index (χ4v) is 3.36. The summed E-state index contributed by atoms with van der Waals surface area (Å²) < 4.78 is 13.7. The van der Waals surface area contributed by atoms with Gasteiger partial charge in [-0.05, 0) is 48.6 Å². The van der Waals surface area contributed by atoms with Crippen LogP contribution in [-0.2, 0) is 0 Å². The lowest BCUT2D eigenvalue weighted by molar-refractivity contribution is 0.102. The van der Waals surface area contributed by atoms with Gasteiger partial charge in [0.15, 0.2) is 0 Å². The van der Waals surface area contributed by atoms with E-state index in [1.165, 1.54) is 12.1 Å². The SMILES string of the molecule is O=C(Nc1ccc(N2CCN(C3=NC=C=CC=C3)CC2)cc1)c1ccccc1F. The molecule has 0 aromatic heterocycles. The second-order valence-electron chi connectivity index (χ2n) is 6.76. The Kier molecular flexibility index (Phi) is 5.54. The molecule has 146 valence electrons. The molecule has 29 heavy (non-hydrogen) atoms. The minimum absolute atomic E-state index is 0.0354. The van der Waals surface area contributed by atoms with Crippen LogP contribution < -0.4 is 10.2 Å². The summed E-state index contributed by atoms with van der Waals surface area (Å²) in [4.78, 5) is 21.2. The minimum Gasteiger partial charge on any atom is -0.368 e. The molecule has 2 aromatic rings. The summed E-state index contributed by atoms with van der Waals surface area (Å²) in [5.41, 5.74) is 4.73. The third-order valence-electron chi connectivity index (χ3n) is 4.92. The van der Waals surface area contributed by atoms with Crippen LogP contribution in [0.2, 0.25) is 0 Å². The van der Waals surface area contributed by atoms with E-state index >= 15 is 0 Å². The van der Waals surface area contributed by atoms with E-state index in [4.69, 9.17) is 0 Å². The molecular weight excluding hydrogens is 367 g/mol. The molecule has 6 heteroatoms. The van der Waals surface area contributed by atoms with Gasteiger partial charge in [0, 0.05) is 37.6 Å². The van der Waals surface area contributed by atoms with E-state index in [1.54, 1.807) is 18.3 Å². The molecule has 4 rings (SSSR count). The fraction of sp³-hybridized carbons (Fsp3) is 0.174. The van der Waals surface area contributed by atoms with E-state index in [9.17, 15) is 9.18 Å². The van der Waals surface area contributed by atoms with Crippen molar-refractivity contribution < 1.29 is 9.18 Å². The van der Waals surface area contributed by atoms with E-state index in [0.717, 1.165) is 37.7 Å². The van der Waals surface area contributed by atoms with Crippen molar-refractivity contribution in [2.75, 3.05) is 36.4 Å². The Hall–Kier alpha value is -3.63. The lowest BCUT2D eigenvalue weighted by Gasteiger charge is -2.37. The zero-order valence-electron chi connectivity index (χ0n) is 15.9. The van der Waals surface area contributed by atoms with E-state index in [1.807, 2.05) is 42.5 Å². The number of halogens is 1. The van der Waals surface area contributed by atoms with Gasteiger partial charge in [0.05, 0.1) is 11.8 Å². The number of carbonyl (C=O) groups excluding carboxylic acids is 1. The van der Waals surface area contributed by atoms with Crippen LogP contribution in [0.1, 0.15) is 10.4 Å². The Morgan fingerprint density at radius 3 is 2.48 bits per heavy atom. The zero-order valence-corrected chi connectivity index (χ0v) is 15.9. The van der Waals surface area contributed by atoms with Crippen LogP contribution in [0.5, 0.6) is 0 Å². The number of rotatable bonds is 3. The monoisotopic (exact) mass is 388 g/mol. The molecule has 0 radical (unpaired) electrons. The molecule has 5 nitrogen and oxygen atoms in total. The second-order valence-corrected chi connectivity index (χ2v) is 6.76. The van der Waals surface area contributed by atoms with E-state index in [-0.39, 0.29) is 5.56 Å². The van der Waals surface area contributed by atoms with Crippen LogP contribution in [0, 0.1) is 5.82 Å². The van der Waals surface area contributed by atoms with Gasteiger partial charge in [0.25, 0.3) is 5.91 Å². The Bertz CT molecular complexity index is 1010. The predicted molar refractivity (Wildman–Crippen MR) is 114 cm³/mol. The van der Waals surface area contributed by atoms with Gasteiger partial charge in [-0.1, -0.05) is 18.2 Å². The highest BCUT2D eigenvalue weighted by Crippen LogP contribution is 2.21. The molecule has 0 aliphatic carbocycles. The van der Waals surface area contributed by atoms with Crippen molar-refractivity contribution in [3.63, 3.8) is 0 Å². The maximum atomic E-state index is 13.7. The maximum absolute atomic E-state index is 13.7. The van der Waals surface area contributed by atoms with Crippen molar-refractivity contribution in [1.82, 2.24) is 4.90 Å². The third kappa shape index (κ3) is 4.45. The van der Waals surface area contributed by atoms with Crippen LogP contribution in [0.15, 0.2) is 83.7 Å². The quantitative estimate of drug-likeness (QED) is 0.813. The molecule has 0 atom stereocenters. The first kappa shape index (κ1) is 18.7. The standard InChI is InChI=1S/C23H21FN4O/c24-21-7-4-3-6-20(21)23(29)26-18-9-11-19(12-10-18)27-14-16-28(17-15-27)22-8-2-1-5-13-25-22/h1-4,6-13H,14-17H2,(H,26,29). The molecular formula is C23H21FN4O. The highest BCUT2D eigenvalue weighted by Gasteiger charge is 2.19. The summed E-state index contributed by atoms with van der Waals surface area (Å²) in [6.07, 6.45) is 7.48. The van der Waals surface area contributed by atoms with Crippen molar-refractivity contribution in [1.29, 1.82) is 0 Å². The highest BCUT2D eigenvalue weighted by molar-refractivity contribution is 6.04. The average molecular weight is 388 g/mol. The Balaban J connectivity index is 1.35. The first-order chi connectivity index (χ1) is 14.2. The van der Waals surface area contributed by atoms with Gasteiger partial charge in [-0.2, -0.15) is 0 Å². The molecule has 0 bridgehead atoms. The lowest BCUT2D eigenvalue weighted by Crippen LogP contribution is -2.48. The largest absolute Gasteiger partial charge is 0.368 e. The number of nitrogens with one attached hydrogen (secondary N) is 1. The summed E-state index contributed by atoms with van der Waals surface area (Å²) in [7, 11) is 0. The fourth-order valence-electron chi connectivity index (χ4n) is 3.36. The Morgan fingerprint density at radius 2 is 1.72 bits per heavy atom. The van der Waals surface area contributed by atoms with Crippen LogP contribution in [0.3, 0.4) is 0 Å². The number of amidine groups is 1. The number of hydrogen-bond acceptors (Lipinski definition) is 4. The first-order valence-corrected chi connectivity index (χ1v) is 9.52. The molecule has 0 saturated carbocycles. The molecule has 1 N–H and O–H groups in total. The summed E-state index contributed by atoms with van der Waals surface area (Å²) in [5.74, 6) is -0.0266. The first-order valence-electron chi connectivity index (χ1n) is 9.52. The summed E-state index contributed by atoms with van der Waals surface area (Å²) in [5, 5.41) is 2.74. The number of aliphatic imine (C=N–C) groups is 1. The van der Waals surface area contributed by atoms with Gasteiger partial charge in [-0.25, -0.2) is 9.38 Å². The second kappa shape index (κ2) is 8.59. The topological polar surface area (TPSA) is 47.9 Å². The summed E-state index contributed by atoms with van der Waals surface area (Å²) in [6.45, 7) is 3.52. The van der Waals surface area contributed by atoms with Crippen molar-refractivity contribution in [3.05, 3.63) is 90.1 Å². The molecule has 2 aliphatic rings. The van der Waals surface area contributed by atoms with Crippen molar-refractivity contribution in [2.24, 2.45) is 4.99 Å². The maximum Gasteiger partial charge on any atom is 0.258 e. The van der Waals surface area contributed by atoms with Gasteiger partial charge in [0.2, 0.25) is 0 Å². The molecule has 0 unspecified atom stereocenters. The number of amides is 1. The number of nitrogens with zero attached hydrogens (tertiary/aromatic N) is 3. The number of anilines is 2. The third-order valence-corrected chi connectivity index (χ3v) is 4.92. The van der Waals surface area contributed by atoms with Gasteiger partial charge < -0.3 is 15.1 Å². The molecule has 2 aromatic carbocycles. The molecule has 2 aliphatic heterocycles. The van der Waals surface area contributed by atoms with Gasteiger partial charge in [0.1, 0.15) is 11.7 Å². The molecule has 1 saturated heterocycles. The normalized spacial score (nSPS) is 15.8. The zero-order chi connectivity index (χ0) is 20.1. The molecule has 1 fully saturated rings. The Labute approximate surface area is 169 Å². The van der Waals surface area contributed by atoms with Crippen LogP contribution in [0.4, 0.5) is 15.8 Å². The molecule has 0 spiro atoms. The van der Waals surface area contributed by atoms with Crippen molar-refractivity contribution >= 4 is 23.1 Å². The average Bonchev–Trinajstić information content (AvgIpc) is 3.04. The molecule has 2 heterocycles.